The van der Waals surface area contributed by atoms with E-state index in [9.17, 15) is 15.0 Å². The van der Waals surface area contributed by atoms with E-state index in [2.05, 4.69) is 5.32 Å². The monoisotopic (exact) mass is 477 g/mol. The molecule has 3 aromatic carbocycles. The fourth-order valence-electron chi connectivity index (χ4n) is 3.37. The van der Waals surface area contributed by atoms with Crippen molar-refractivity contribution in [3.63, 3.8) is 0 Å². The van der Waals surface area contributed by atoms with E-state index in [-0.39, 0.29) is 22.9 Å². The molecule has 0 atom stereocenters. The molecule has 1 amide bonds. The minimum atomic E-state index is -0.473. The van der Waals surface area contributed by atoms with Gasteiger partial charge in [-0.05, 0) is 53.6 Å². The number of carbonyl (C=O) groups is 1. The lowest BCUT2D eigenvalue weighted by Gasteiger charge is -2.14. The van der Waals surface area contributed by atoms with Crippen LogP contribution in [0.2, 0.25) is 0 Å². The van der Waals surface area contributed by atoms with Crippen LogP contribution in [-0.4, -0.2) is 44.6 Å². The Kier molecular flexibility index (Phi) is 8.24. The van der Waals surface area contributed by atoms with Gasteiger partial charge in [-0.2, -0.15) is 0 Å². The van der Waals surface area contributed by atoms with Crippen molar-refractivity contribution < 1.29 is 34.0 Å². The molecule has 3 N–H and O–H groups in total. The maximum Gasteiger partial charge on any atom is 0.248 e. The molecule has 8 nitrogen and oxygen atoms in total. The average molecular weight is 478 g/mol. The minimum Gasteiger partial charge on any atom is -0.508 e. The van der Waals surface area contributed by atoms with Crippen LogP contribution in [0.3, 0.4) is 0 Å². The molecule has 0 aliphatic carbocycles. The van der Waals surface area contributed by atoms with Gasteiger partial charge < -0.3 is 34.5 Å². The maximum absolute atomic E-state index is 12.6. The molecule has 3 rings (SSSR count). The van der Waals surface area contributed by atoms with E-state index in [1.54, 1.807) is 54.6 Å². The number of ether oxygens (including phenoxy) is 4. The largest absolute Gasteiger partial charge is 0.508 e. The first-order valence-electron chi connectivity index (χ1n) is 10.6. The number of anilines is 1. The van der Waals surface area contributed by atoms with E-state index in [4.69, 9.17) is 18.9 Å². The molecule has 35 heavy (non-hydrogen) atoms. The van der Waals surface area contributed by atoms with Crippen molar-refractivity contribution in [1.82, 2.24) is 0 Å². The highest BCUT2D eigenvalue weighted by Gasteiger charge is 2.15. The Labute approximate surface area is 203 Å². The van der Waals surface area contributed by atoms with Crippen molar-refractivity contribution in [2.45, 2.75) is 0 Å². The Morgan fingerprint density at radius 3 is 2.06 bits per heavy atom. The molecule has 182 valence electrons. The van der Waals surface area contributed by atoms with E-state index >= 15 is 0 Å². The lowest BCUT2D eigenvalue weighted by atomic mass is 10.1. The summed E-state index contributed by atoms with van der Waals surface area (Å²) in [6.45, 7) is 0. The quantitative estimate of drug-likeness (QED) is 0.227. The zero-order chi connectivity index (χ0) is 25.4. The molecule has 8 heteroatoms. The molecule has 0 aliphatic rings. The van der Waals surface area contributed by atoms with Crippen molar-refractivity contribution in [2.24, 2.45) is 0 Å². The Morgan fingerprint density at radius 1 is 0.771 bits per heavy atom. The van der Waals surface area contributed by atoms with Gasteiger partial charge in [-0.15, -0.1) is 0 Å². The predicted molar refractivity (Wildman–Crippen MR) is 135 cm³/mol. The highest BCUT2D eigenvalue weighted by molar-refractivity contribution is 6.04. The minimum absolute atomic E-state index is 0.0946. The standard InChI is InChI=1S/C27H27NO7/c1-32-21-12-11-19(10-8-18-15-22(33-2)27(35-4)23(16-18)34-3)25(26(21)31)28-24(30)13-9-17-6-5-7-20(29)14-17/h5-16,29,31H,1-4H3,(H,28,30)/b10-8?,13-9+. The summed E-state index contributed by atoms with van der Waals surface area (Å²) in [4.78, 5) is 12.6. The summed E-state index contributed by atoms with van der Waals surface area (Å²) in [7, 11) is 6.02. The Balaban J connectivity index is 1.93. The number of hydrogen-bond donors (Lipinski definition) is 3. The van der Waals surface area contributed by atoms with Crippen LogP contribution in [0, 0.1) is 0 Å². The molecule has 0 unspecified atom stereocenters. The van der Waals surface area contributed by atoms with Crippen molar-refractivity contribution >= 4 is 29.8 Å². The molecular weight excluding hydrogens is 450 g/mol. The second-order valence-electron chi connectivity index (χ2n) is 7.29. The summed E-state index contributed by atoms with van der Waals surface area (Å²) < 4.78 is 21.3. The van der Waals surface area contributed by atoms with Gasteiger partial charge in [0.15, 0.2) is 23.0 Å². The van der Waals surface area contributed by atoms with Crippen LogP contribution in [0.5, 0.6) is 34.5 Å². The third-order valence-electron chi connectivity index (χ3n) is 5.08. The zero-order valence-electron chi connectivity index (χ0n) is 19.9. The van der Waals surface area contributed by atoms with E-state index in [1.165, 1.54) is 46.6 Å². The van der Waals surface area contributed by atoms with Gasteiger partial charge in [-0.1, -0.05) is 24.3 Å². The molecule has 0 aromatic heterocycles. The Morgan fingerprint density at radius 2 is 1.46 bits per heavy atom. The number of rotatable bonds is 9. The van der Waals surface area contributed by atoms with Gasteiger partial charge >= 0.3 is 0 Å². The number of benzene rings is 3. The molecule has 3 aromatic rings. The topological polar surface area (TPSA) is 106 Å². The number of aromatic hydroxyl groups is 2. The van der Waals surface area contributed by atoms with Crippen molar-refractivity contribution in [3.05, 3.63) is 71.3 Å². The van der Waals surface area contributed by atoms with E-state index in [0.29, 0.717) is 28.4 Å². The highest BCUT2D eigenvalue weighted by Crippen LogP contribution is 2.40. The second-order valence-corrected chi connectivity index (χ2v) is 7.29. The highest BCUT2D eigenvalue weighted by atomic mass is 16.5. The van der Waals surface area contributed by atoms with Gasteiger partial charge in [0.1, 0.15) is 5.75 Å². The molecule has 0 heterocycles. The average Bonchev–Trinajstić information content (AvgIpc) is 2.87. The van der Waals surface area contributed by atoms with E-state index < -0.39 is 5.91 Å². The lowest BCUT2D eigenvalue weighted by Crippen LogP contribution is -2.09. The van der Waals surface area contributed by atoms with Crippen molar-refractivity contribution in [1.29, 1.82) is 0 Å². The third-order valence-corrected chi connectivity index (χ3v) is 5.08. The smallest absolute Gasteiger partial charge is 0.248 e. The molecule has 0 bridgehead atoms. The number of hydrogen-bond acceptors (Lipinski definition) is 7. The summed E-state index contributed by atoms with van der Waals surface area (Å²) >= 11 is 0. The van der Waals surface area contributed by atoms with Gasteiger partial charge in [-0.25, -0.2) is 0 Å². The molecule has 0 aliphatic heterocycles. The van der Waals surface area contributed by atoms with Crippen molar-refractivity contribution in [3.8, 4) is 34.5 Å². The van der Waals surface area contributed by atoms with Crippen LogP contribution in [0.4, 0.5) is 5.69 Å². The Hall–Kier alpha value is -4.59. The first-order valence-corrected chi connectivity index (χ1v) is 10.6. The van der Waals surface area contributed by atoms with Gasteiger partial charge in [0, 0.05) is 11.6 Å². The first-order chi connectivity index (χ1) is 16.9. The molecule has 0 fully saturated rings. The summed E-state index contributed by atoms with van der Waals surface area (Å²) in [5, 5.41) is 23.0. The molecular formula is C27H27NO7. The maximum atomic E-state index is 12.6. The molecule has 0 radical (unpaired) electrons. The Bertz CT molecular complexity index is 1240. The fourth-order valence-corrected chi connectivity index (χ4v) is 3.37. The van der Waals surface area contributed by atoms with E-state index in [0.717, 1.165) is 5.56 Å². The molecule has 0 saturated carbocycles. The molecule has 0 saturated heterocycles. The predicted octanol–water partition coefficient (Wildman–Crippen LogP) is 4.95. The summed E-state index contributed by atoms with van der Waals surface area (Å²) in [5.74, 6) is 1.09. The van der Waals surface area contributed by atoms with Crippen LogP contribution in [0.1, 0.15) is 16.7 Å². The van der Waals surface area contributed by atoms with Crippen LogP contribution < -0.4 is 24.3 Å². The van der Waals surface area contributed by atoms with Crippen molar-refractivity contribution in [2.75, 3.05) is 33.8 Å². The normalized spacial score (nSPS) is 11.0. The second kappa shape index (κ2) is 11.5. The fraction of sp³-hybridized carbons (Fsp3) is 0.148. The van der Waals surface area contributed by atoms with Gasteiger partial charge in [0.2, 0.25) is 11.7 Å². The molecule has 0 spiro atoms. The number of methoxy groups -OCH3 is 4. The summed E-state index contributed by atoms with van der Waals surface area (Å²) in [5.41, 5.74) is 2.11. The van der Waals surface area contributed by atoms with Crippen LogP contribution in [0.15, 0.2) is 54.6 Å². The zero-order valence-corrected chi connectivity index (χ0v) is 19.9. The van der Waals surface area contributed by atoms with Crippen LogP contribution >= 0.6 is 0 Å². The number of amides is 1. The third kappa shape index (κ3) is 6.05. The van der Waals surface area contributed by atoms with Gasteiger partial charge in [0.05, 0.1) is 34.1 Å². The first kappa shape index (κ1) is 25.0. The number of phenols is 2. The van der Waals surface area contributed by atoms with E-state index in [1.807, 2.05) is 0 Å². The SMILES string of the molecule is COc1ccc(C=Cc2cc(OC)c(OC)c(OC)c2)c(NC(=O)/C=C/c2cccc(O)c2)c1O. The number of nitrogens with one attached hydrogen (secondary N) is 1. The number of phenolic OH excluding ortho intramolecular Hbond substituents is 2. The number of carbonyl (C=O) groups excluding carboxylic acids is 1. The van der Waals surface area contributed by atoms with Crippen LogP contribution in [-0.2, 0) is 4.79 Å². The summed E-state index contributed by atoms with van der Waals surface area (Å²) in [6, 6.07) is 13.3. The van der Waals surface area contributed by atoms with Crippen LogP contribution in [0.25, 0.3) is 18.2 Å². The van der Waals surface area contributed by atoms with Gasteiger partial charge in [0.25, 0.3) is 0 Å². The summed E-state index contributed by atoms with van der Waals surface area (Å²) in [6.07, 6.45) is 6.37. The van der Waals surface area contributed by atoms with Gasteiger partial charge in [-0.3, -0.25) is 4.79 Å². The lowest BCUT2D eigenvalue weighted by molar-refractivity contribution is -0.111.